The summed E-state index contributed by atoms with van der Waals surface area (Å²) in [5, 5.41) is 7.30. The quantitative estimate of drug-likeness (QED) is 0.440. The highest BCUT2D eigenvalue weighted by Crippen LogP contribution is 2.52. The molecule has 0 radical (unpaired) electrons. The Balaban J connectivity index is 1.47. The first kappa shape index (κ1) is 22.2. The van der Waals surface area contributed by atoms with Gasteiger partial charge >= 0.3 is 5.97 Å². The highest BCUT2D eigenvalue weighted by atomic mass is 35.5. The number of esters is 1. The zero-order valence-electron chi connectivity index (χ0n) is 18.6. The van der Waals surface area contributed by atoms with Crippen LogP contribution in [-0.4, -0.2) is 34.0 Å². The van der Waals surface area contributed by atoms with Crippen molar-refractivity contribution in [3.8, 4) is 17.0 Å². The predicted octanol–water partition coefficient (Wildman–Crippen LogP) is 4.36. The van der Waals surface area contributed by atoms with Crippen LogP contribution < -0.4 is 10.1 Å². The molecule has 1 aromatic heterocycles. The zero-order valence-corrected chi connectivity index (χ0v) is 19.3. The van der Waals surface area contributed by atoms with Crippen LogP contribution in [0, 0.1) is 5.41 Å². The standard InChI is InChI=1S/C25H22ClN3O5/c1-14(30)29-19(11-25(2)12-21(31)27-24(25)29)16-8-4-6-10-20(16)34-23(32)17-13-33-28-22(17)15-7-3-5-9-18(15)26/h3-10,13,19,24H,11-12H2,1-2H3,(H,27,31)/t19-,24+,25+/m0/s1. The van der Waals surface area contributed by atoms with E-state index in [0.29, 0.717) is 34.7 Å². The molecule has 0 bridgehead atoms. The molecule has 8 nitrogen and oxygen atoms in total. The summed E-state index contributed by atoms with van der Waals surface area (Å²) in [7, 11) is 0. The van der Waals surface area contributed by atoms with Crippen molar-refractivity contribution in [2.24, 2.45) is 5.41 Å². The van der Waals surface area contributed by atoms with Gasteiger partial charge in [0.05, 0.1) is 11.1 Å². The lowest BCUT2D eigenvalue weighted by Gasteiger charge is -2.30. The molecule has 2 aliphatic rings. The number of carbonyl (C=O) groups is 3. The van der Waals surface area contributed by atoms with Crippen molar-refractivity contribution in [2.75, 3.05) is 0 Å². The van der Waals surface area contributed by atoms with E-state index in [1.54, 1.807) is 41.3 Å². The Hall–Kier alpha value is -3.65. The van der Waals surface area contributed by atoms with Crippen LogP contribution in [0.1, 0.15) is 48.7 Å². The van der Waals surface area contributed by atoms with Crippen LogP contribution in [0.15, 0.2) is 59.3 Å². The molecule has 0 aliphatic carbocycles. The van der Waals surface area contributed by atoms with Crippen molar-refractivity contribution in [1.82, 2.24) is 15.4 Å². The molecule has 3 aromatic rings. The van der Waals surface area contributed by atoms with E-state index in [-0.39, 0.29) is 29.1 Å². The number of benzene rings is 2. The first-order chi connectivity index (χ1) is 16.3. The molecule has 34 heavy (non-hydrogen) atoms. The van der Waals surface area contributed by atoms with Crippen LogP contribution in [0.25, 0.3) is 11.3 Å². The highest BCUT2D eigenvalue weighted by molar-refractivity contribution is 6.33. The maximum Gasteiger partial charge on any atom is 0.349 e. The van der Waals surface area contributed by atoms with E-state index in [1.807, 2.05) is 19.1 Å². The summed E-state index contributed by atoms with van der Waals surface area (Å²) >= 11 is 6.28. The van der Waals surface area contributed by atoms with Gasteiger partial charge in [0.15, 0.2) is 0 Å². The van der Waals surface area contributed by atoms with Crippen LogP contribution >= 0.6 is 11.6 Å². The van der Waals surface area contributed by atoms with Gasteiger partial charge in [0, 0.05) is 29.9 Å². The zero-order chi connectivity index (χ0) is 24.0. The van der Waals surface area contributed by atoms with E-state index < -0.39 is 17.6 Å². The molecule has 2 fully saturated rings. The molecule has 3 atom stereocenters. The summed E-state index contributed by atoms with van der Waals surface area (Å²) in [5.41, 5.74) is 1.24. The highest BCUT2D eigenvalue weighted by Gasteiger charge is 2.56. The van der Waals surface area contributed by atoms with E-state index >= 15 is 0 Å². The van der Waals surface area contributed by atoms with Gasteiger partial charge in [-0.3, -0.25) is 9.59 Å². The van der Waals surface area contributed by atoms with Crippen molar-refractivity contribution in [1.29, 1.82) is 0 Å². The van der Waals surface area contributed by atoms with Gasteiger partial charge < -0.3 is 19.5 Å². The summed E-state index contributed by atoms with van der Waals surface area (Å²) in [5.74, 6) is -0.570. The van der Waals surface area contributed by atoms with Gasteiger partial charge in [-0.25, -0.2) is 4.79 Å². The molecule has 174 valence electrons. The number of rotatable bonds is 4. The van der Waals surface area contributed by atoms with E-state index in [0.717, 1.165) is 0 Å². The van der Waals surface area contributed by atoms with E-state index in [4.69, 9.17) is 20.9 Å². The summed E-state index contributed by atoms with van der Waals surface area (Å²) < 4.78 is 10.9. The molecule has 1 N–H and O–H groups in total. The first-order valence-corrected chi connectivity index (χ1v) is 11.2. The minimum absolute atomic E-state index is 0.0727. The molecule has 0 spiro atoms. The Labute approximate surface area is 200 Å². The van der Waals surface area contributed by atoms with Gasteiger partial charge in [0.25, 0.3) is 0 Å². The number of amides is 2. The molecule has 2 amide bonds. The van der Waals surface area contributed by atoms with Gasteiger partial charge in [-0.2, -0.15) is 0 Å². The monoisotopic (exact) mass is 479 g/mol. The molecule has 3 heterocycles. The summed E-state index contributed by atoms with van der Waals surface area (Å²) in [4.78, 5) is 39.5. The Bertz CT molecular complexity index is 1300. The summed E-state index contributed by atoms with van der Waals surface area (Å²) in [6.45, 7) is 3.47. The number of likely N-dealkylation sites (tertiary alicyclic amines) is 1. The summed E-state index contributed by atoms with van der Waals surface area (Å²) in [6, 6.07) is 13.7. The Morgan fingerprint density at radius 2 is 1.94 bits per heavy atom. The lowest BCUT2D eigenvalue weighted by molar-refractivity contribution is -0.133. The molecule has 0 saturated carbocycles. The van der Waals surface area contributed by atoms with Gasteiger partial charge in [-0.1, -0.05) is 60.1 Å². The SMILES string of the molecule is CC(=O)N1[C@H]2NC(=O)C[C@@]2(C)C[C@H]1c1ccccc1OC(=O)c1conc1-c1ccccc1Cl. The van der Waals surface area contributed by atoms with Gasteiger partial charge in [0.2, 0.25) is 11.8 Å². The van der Waals surface area contributed by atoms with Gasteiger partial charge in [-0.05, 0) is 18.6 Å². The lowest BCUT2D eigenvalue weighted by Crippen LogP contribution is -2.46. The minimum atomic E-state index is -0.657. The number of aromatic nitrogens is 1. The maximum absolute atomic E-state index is 13.2. The van der Waals surface area contributed by atoms with Crippen molar-refractivity contribution in [2.45, 2.75) is 38.9 Å². The van der Waals surface area contributed by atoms with E-state index in [1.165, 1.54) is 13.2 Å². The number of nitrogens with zero attached hydrogens (tertiary/aromatic N) is 2. The van der Waals surface area contributed by atoms with Crippen LogP contribution in [0.4, 0.5) is 0 Å². The second-order valence-electron chi connectivity index (χ2n) is 8.93. The third-order valence-corrected chi connectivity index (χ3v) is 6.89. The van der Waals surface area contributed by atoms with Crippen LogP contribution in [-0.2, 0) is 9.59 Å². The van der Waals surface area contributed by atoms with Crippen LogP contribution in [0.5, 0.6) is 5.75 Å². The van der Waals surface area contributed by atoms with Gasteiger partial charge in [0.1, 0.15) is 29.4 Å². The first-order valence-electron chi connectivity index (χ1n) is 10.9. The third-order valence-electron chi connectivity index (χ3n) is 6.56. The van der Waals surface area contributed by atoms with Crippen molar-refractivity contribution in [3.63, 3.8) is 0 Å². The molecular weight excluding hydrogens is 458 g/mol. The van der Waals surface area contributed by atoms with Crippen LogP contribution in [0.2, 0.25) is 5.02 Å². The van der Waals surface area contributed by atoms with Crippen molar-refractivity contribution >= 4 is 29.4 Å². The Kier molecular flexibility index (Phi) is 5.40. The number of para-hydroxylation sites is 1. The van der Waals surface area contributed by atoms with Gasteiger partial charge in [-0.15, -0.1) is 0 Å². The predicted molar refractivity (Wildman–Crippen MR) is 123 cm³/mol. The average molecular weight is 480 g/mol. The maximum atomic E-state index is 13.2. The molecule has 2 saturated heterocycles. The second-order valence-corrected chi connectivity index (χ2v) is 9.34. The molecule has 2 aliphatic heterocycles. The number of fused-ring (bicyclic) bond motifs is 1. The largest absolute Gasteiger partial charge is 0.422 e. The normalized spacial score (nSPS) is 23.5. The molecule has 2 aromatic carbocycles. The number of nitrogens with one attached hydrogen (secondary N) is 1. The fraction of sp³-hybridized carbons (Fsp3) is 0.280. The van der Waals surface area contributed by atoms with E-state index in [2.05, 4.69) is 10.5 Å². The molecule has 5 rings (SSSR count). The average Bonchev–Trinajstić information content (AvgIpc) is 3.45. The van der Waals surface area contributed by atoms with Crippen molar-refractivity contribution in [3.05, 3.63) is 70.9 Å². The summed E-state index contributed by atoms with van der Waals surface area (Å²) in [6.07, 6.45) is 1.71. The Morgan fingerprint density at radius 1 is 1.21 bits per heavy atom. The molecular formula is C25H22ClN3O5. The topological polar surface area (TPSA) is 102 Å². The molecule has 9 heteroatoms. The number of ether oxygens (including phenoxy) is 1. The third kappa shape index (κ3) is 3.64. The fourth-order valence-corrected chi connectivity index (χ4v) is 5.27. The smallest absolute Gasteiger partial charge is 0.349 e. The fourth-order valence-electron chi connectivity index (χ4n) is 5.04. The number of hydrogen-bond acceptors (Lipinski definition) is 6. The number of carbonyl (C=O) groups excluding carboxylic acids is 3. The number of hydrogen-bond donors (Lipinski definition) is 1. The van der Waals surface area contributed by atoms with Crippen LogP contribution in [0.3, 0.4) is 0 Å². The van der Waals surface area contributed by atoms with E-state index in [9.17, 15) is 14.4 Å². The second kappa shape index (κ2) is 8.29. The lowest BCUT2D eigenvalue weighted by atomic mass is 9.83. The number of halogens is 1. The molecule has 0 unspecified atom stereocenters. The van der Waals surface area contributed by atoms with Crippen molar-refractivity contribution < 1.29 is 23.6 Å². The Morgan fingerprint density at radius 3 is 2.71 bits per heavy atom. The minimum Gasteiger partial charge on any atom is -0.422 e.